The van der Waals surface area contributed by atoms with Gasteiger partial charge in [0.2, 0.25) is 0 Å². The Morgan fingerprint density at radius 2 is 2.30 bits per heavy atom. The zero-order valence-corrected chi connectivity index (χ0v) is 12.1. The molecular weight excluding hydrogens is 254 g/mol. The average molecular weight is 277 g/mol. The average Bonchev–Trinajstić information content (AvgIpc) is 2.81. The standard InChI is InChI=1S/C16H23NO3/c1-11-4-3-5-15(8-11)20-12(2)16(19)17-10-13-6-7-14(18)9-13/h3-5,8,12-14,18H,6-7,9-10H2,1-2H3,(H,17,19). The van der Waals surface area contributed by atoms with Gasteiger partial charge in [-0.1, -0.05) is 12.1 Å². The van der Waals surface area contributed by atoms with E-state index in [9.17, 15) is 9.90 Å². The lowest BCUT2D eigenvalue weighted by molar-refractivity contribution is -0.127. The van der Waals surface area contributed by atoms with E-state index in [4.69, 9.17) is 4.74 Å². The molecule has 0 bridgehead atoms. The lowest BCUT2D eigenvalue weighted by Crippen LogP contribution is -2.38. The molecule has 0 saturated heterocycles. The summed E-state index contributed by atoms with van der Waals surface area (Å²) in [6.07, 6.45) is 1.90. The third-order valence-electron chi connectivity index (χ3n) is 3.75. The normalized spacial score (nSPS) is 23.4. The molecule has 1 fully saturated rings. The van der Waals surface area contributed by atoms with Crippen LogP contribution in [0.25, 0.3) is 0 Å². The third kappa shape index (κ3) is 4.23. The number of amides is 1. The molecule has 0 aromatic heterocycles. The molecule has 1 aliphatic rings. The highest BCUT2D eigenvalue weighted by Gasteiger charge is 2.24. The van der Waals surface area contributed by atoms with E-state index in [1.54, 1.807) is 6.92 Å². The van der Waals surface area contributed by atoms with Crippen molar-refractivity contribution < 1.29 is 14.6 Å². The number of aliphatic hydroxyl groups is 1. The Kier molecular flexibility index (Phi) is 5.01. The quantitative estimate of drug-likeness (QED) is 0.866. The van der Waals surface area contributed by atoms with Crippen LogP contribution in [0.1, 0.15) is 31.7 Å². The van der Waals surface area contributed by atoms with Gasteiger partial charge < -0.3 is 15.2 Å². The zero-order valence-electron chi connectivity index (χ0n) is 12.1. The summed E-state index contributed by atoms with van der Waals surface area (Å²) in [6, 6.07) is 7.67. The number of hydrogen-bond acceptors (Lipinski definition) is 3. The number of carbonyl (C=O) groups excluding carboxylic acids is 1. The molecule has 1 aromatic rings. The van der Waals surface area contributed by atoms with Crippen LogP contribution in [0.5, 0.6) is 5.75 Å². The molecule has 4 heteroatoms. The van der Waals surface area contributed by atoms with Crippen molar-refractivity contribution in [3.8, 4) is 5.75 Å². The van der Waals surface area contributed by atoms with E-state index >= 15 is 0 Å². The number of benzene rings is 1. The fraction of sp³-hybridized carbons (Fsp3) is 0.562. The van der Waals surface area contributed by atoms with E-state index < -0.39 is 6.10 Å². The number of nitrogens with one attached hydrogen (secondary N) is 1. The molecule has 0 spiro atoms. The van der Waals surface area contributed by atoms with Crippen LogP contribution < -0.4 is 10.1 Å². The molecule has 3 unspecified atom stereocenters. The maximum absolute atomic E-state index is 12.0. The Morgan fingerprint density at radius 1 is 1.50 bits per heavy atom. The first-order valence-electron chi connectivity index (χ1n) is 7.23. The van der Waals surface area contributed by atoms with Crippen molar-refractivity contribution in [3.63, 3.8) is 0 Å². The van der Waals surface area contributed by atoms with Gasteiger partial charge in [0.1, 0.15) is 5.75 Å². The SMILES string of the molecule is Cc1cccc(OC(C)C(=O)NCC2CCC(O)C2)c1. The van der Waals surface area contributed by atoms with Crippen LogP contribution in [0.15, 0.2) is 24.3 Å². The van der Waals surface area contributed by atoms with Gasteiger partial charge in [-0.2, -0.15) is 0 Å². The van der Waals surface area contributed by atoms with Crippen molar-refractivity contribution in [2.75, 3.05) is 6.54 Å². The summed E-state index contributed by atoms with van der Waals surface area (Å²) in [4.78, 5) is 12.0. The van der Waals surface area contributed by atoms with E-state index in [-0.39, 0.29) is 12.0 Å². The number of hydrogen-bond donors (Lipinski definition) is 2. The maximum Gasteiger partial charge on any atom is 0.260 e. The summed E-state index contributed by atoms with van der Waals surface area (Å²) in [6.45, 7) is 4.36. The Balaban J connectivity index is 1.77. The summed E-state index contributed by atoms with van der Waals surface area (Å²) in [7, 11) is 0. The van der Waals surface area contributed by atoms with Crippen LogP contribution in [0.2, 0.25) is 0 Å². The van der Waals surface area contributed by atoms with Crippen LogP contribution >= 0.6 is 0 Å². The van der Waals surface area contributed by atoms with E-state index in [2.05, 4.69) is 5.32 Å². The summed E-state index contributed by atoms with van der Waals surface area (Å²) in [5, 5.41) is 12.4. The Hall–Kier alpha value is -1.55. The lowest BCUT2D eigenvalue weighted by atomic mass is 10.1. The highest BCUT2D eigenvalue weighted by Crippen LogP contribution is 2.24. The van der Waals surface area contributed by atoms with Crippen molar-refractivity contribution >= 4 is 5.91 Å². The van der Waals surface area contributed by atoms with Gasteiger partial charge in [-0.05, 0) is 56.7 Å². The molecule has 20 heavy (non-hydrogen) atoms. The van der Waals surface area contributed by atoms with Crippen molar-refractivity contribution in [1.29, 1.82) is 0 Å². The molecule has 1 aromatic carbocycles. The molecular formula is C16H23NO3. The van der Waals surface area contributed by atoms with E-state index in [1.165, 1.54) is 0 Å². The number of rotatable bonds is 5. The molecule has 0 heterocycles. The second-order valence-electron chi connectivity index (χ2n) is 5.65. The van der Waals surface area contributed by atoms with Gasteiger partial charge in [-0.3, -0.25) is 4.79 Å². The number of ether oxygens (including phenoxy) is 1. The molecule has 1 amide bonds. The number of carbonyl (C=O) groups is 1. The molecule has 110 valence electrons. The van der Waals surface area contributed by atoms with Crippen LogP contribution in [-0.4, -0.2) is 29.8 Å². The van der Waals surface area contributed by atoms with Gasteiger partial charge in [0.25, 0.3) is 5.91 Å². The fourth-order valence-electron chi connectivity index (χ4n) is 2.57. The summed E-state index contributed by atoms with van der Waals surface area (Å²) in [5.74, 6) is 0.997. The molecule has 0 aliphatic heterocycles. The topological polar surface area (TPSA) is 58.6 Å². The molecule has 2 N–H and O–H groups in total. The smallest absolute Gasteiger partial charge is 0.260 e. The zero-order chi connectivity index (χ0) is 14.5. The van der Waals surface area contributed by atoms with Gasteiger partial charge >= 0.3 is 0 Å². The van der Waals surface area contributed by atoms with E-state index in [0.29, 0.717) is 18.2 Å². The van der Waals surface area contributed by atoms with Crippen LogP contribution in [0.4, 0.5) is 0 Å². The largest absolute Gasteiger partial charge is 0.481 e. The molecule has 3 atom stereocenters. The molecule has 1 aliphatic carbocycles. The summed E-state index contributed by atoms with van der Waals surface area (Å²) < 4.78 is 5.63. The Bertz CT molecular complexity index is 461. The van der Waals surface area contributed by atoms with Crippen LogP contribution in [0, 0.1) is 12.8 Å². The summed E-state index contributed by atoms with van der Waals surface area (Å²) in [5.41, 5.74) is 1.11. The van der Waals surface area contributed by atoms with Gasteiger partial charge in [-0.25, -0.2) is 0 Å². The highest BCUT2D eigenvalue weighted by atomic mass is 16.5. The van der Waals surface area contributed by atoms with Crippen molar-refractivity contribution in [2.45, 2.75) is 45.3 Å². The molecule has 4 nitrogen and oxygen atoms in total. The predicted molar refractivity (Wildman–Crippen MR) is 77.6 cm³/mol. The number of aliphatic hydroxyl groups excluding tert-OH is 1. The molecule has 2 rings (SSSR count). The van der Waals surface area contributed by atoms with Gasteiger partial charge in [0.15, 0.2) is 6.10 Å². The second kappa shape index (κ2) is 6.75. The Morgan fingerprint density at radius 3 is 2.95 bits per heavy atom. The van der Waals surface area contributed by atoms with Crippen molar-refractivity contribution in [1.82, 2.24) is 5.32 Å². The third-order valence-corrected chi connectivity index (χ3v) is 3.75. The first-order valence-corrected chi connectivity index (χ1v) is 7.23. The highest BCUT2D eigenvalue weighted by molar-refractivity contribution is 5.80. The van der Waals surface area contributed by atoms with Crippen LogP contribution in [0.3, 0.4) is 0 Å². The van der Waals surface area contributed by atoms with E-state index in [1.807, 2.05) is 31.2 Å². The second-order valence-corrected chi connectivity index (χ2v) is 5.65. The minimum Gasteiger partial charge on any atom is -0.481 e. The maximum atomic E-state index is 12.0. The predicted octanol–water partition coefficient (Wildman–Crippen LogP) is 2.04. The fourth-order valence-corrected chi connectivity index (χ4v) is 2.57. The summed E-state index contributed by atoms with van der Waals surface area (Å²) >= 11 is 0. The molecule has 1 saturated carbocycles. The van der Waals surface area contributed by atoms with Gasteiger partial charge in [0.05, 0.1) is 6.10 Å². The number of aryl methyl sites for hydroxylation is 1. The Labute approximate surface area is 120 Å². The van der Waals surface area contributed by atoms with Crippen molar-refractivity contribution in [3.05, 3.63) is 29.8 Å². The minimum atomic E-state index is -0.511. The molecule has 0 radical (unpaired) electrons. The first kappa shape index (κ1) is 14.9. The van der Waals surface area contributed by atoms with Crippen LogP contribution in [-0.2, 0) is 4.79 Å². The van der Waals surface area contributed by atoms with E-state index in [0.717, 1.165) is 24.8 Å². The van der Waals surface area contributed by atoms with Gasteiger partial charge in [-0.15, -0.1) is 0 Å². The van der Waals surface area contributed by atoms with Gasteiger partial charge in [0, 0.05) is 6.54 Å². The first-order chi connectivity index (χ1) is 9.54. The minimum absolute atomic E-state index is 0.104. The van der Waals surface area contributed by atoms with Crippen molar-refractivity contribution in [2.24, 2.45) is 5.92 Å². The monoisotopic (exact) mass is 277 g/mol. The lowest BCUT2D eigenvalue weighted by Gasteiger charge is -2.17.